The number of hydrogen-bond acceptors (Lipinski definition) is 1. The van der Waals surface area contributed by atoms with E-state index in [1.165, 1.54) is 12.0 Å². The van der Waals surface area contributed by atoms with Crippen molar-refractivity contribution < 1.29 is 5.11 Å². The Hall–Kier alpha value is -0.820. The van der Waals surface area contributed by atoms with E-state index in [1.807, 2.05) is 0 Å². The van der Waals surface area contributed by atoms with E-state index in [2.05, 4.69) is 52.8 Å². The van der Waals surface area contributed by atoms with E-state index in [0.717, 1.165) is 31.3 Å². The summed E-state index contributed by atoms with van der Waals surface area (Å²) in [4.78, 5) is 0. The molecule has 2 aliphatic rings. The fraction of sp³-hybridized carbons (Fsp3) is 0.700. The van der Waals surface area contributed by atoms with Crippen LogP contribution in [0.5, 0.6) is 0 Å². The highest BCUT2D eigenvalue weighted by molar-refractivity contribution is 5.27. The summed E-state index contributed by atoms with van der Waals surface area (Å²) in [6.07, 6.45) is 12.1. The molecule has 118 valence electrons. The molecule has 0 spiro atoms. The molecule has 0 unspecified atom stereocenters. The first kappa shape index (κ1) is 16.5. The molecule has 1 heteroatoms. The van der Waals surface area contributed by atoms with Crippen LogP contribution in [0.4, 0.5) is 0 Å². The molecule has 3 atom stereocenters. The molecule has 2 rings (SSSR count). The van der Waals surface area contributed by atoms with Crippen LogP contribution < -0.4 is 0 Å². The Morgan fingerprint density at radius 3 is 2.57 bits per heavy atom. The van der Waals surface area contributed by atoms with E-state index in [1.54, 1.807) is 5.57 Å². The molecule has 1 nitrogen and oxygen atoms in total. The summed E-state index contributed by atoms with van der Waals surface area (Å²) in [7, 11) is 0. The van der Waals surface area contributed by atoms with Crippen molar-refractivity contribution in [2.24, 2.45) is 17.3 Å². The second-order valence-corrected chi connectivity index (χ2v) is 7.69. The van der Waals surface area contributed by atoms with Crippen molar-refractivity contribution in [2.75, 3.05) is 0 Å². The van der Waals surface area contributed by atoms with Crippen LogP contribution in [0.3, 0.4) is 0 Å². The van der Waals surface area contributed by atoms with Gasteiger partial charge in [0.15, 0.2) is 0 Å². The summed E-state index contributed by atoms with van der Waals surface area (Å²) in [5.41, 5.74) is 4.32. The number of aliphatic hydroxyl groups excluding tert-OH is 1. The van der Waals surface area contributed by atoms with Gasteiger partial charge in [0.1, 0.15) is 0 Å². The molecule has 0 aromatic rings. The van der Waals surface area contributed by atoms with Crippen LogP contribution in [0.2, 0.25) is 0 Å². The number of rotatable bonds is 1. The maximum absolute atomic E-state index is 10.7. The number of fused-ring (bicyclic) bond motifs is 1. The van der Waals surface area contributed by atoms with Crippen molar-refractivity contribution in [3.63, 3.8) is 0 Å². The van der Waals surface area contributed by atoms with Crippen LogP contribution in [0.15, 0.2) is 34.9 Å². The smallest absolute Gasteiger partial charge is 0.0755 e. The molecule has 0 bridgehead atoms. The van der Waals surface area contributed by atoms with Crippen molar-refractivity contribution in [2.45, 2.75) is 72.8 Å². The zero-order valence-corrected chi connectivity index (χ0v) is 14.4. The lowest BCUT2D eigenvalue weighted by Gasteiger charge is -2.39. The topological polar surface area (TPSA) is 20.2 Å². The highest BCUT2D eigenvalue weighted by Gasteiger charge is 2.43. The summed E-state index contributed by atoms with van der Waals surface area (Å²) in [6.45, 7) is 11.4. The van der Waals surface area contributed by atoms with Crippen LogP contribution in [0.1, 0.15) is 66.7 Å². The molecule has 2 aliphatic carbocycles. The third-order valence-electron chi connectivity index (χ3n) is 5.79. The van der Waals surface area contributed by atoms with Gasteiger partial charge in [-0.2, -0.15) is 0 Å². The average molecular weight is 288 g/mol. The van der Waals surface area contributed by atoms with E-state index in [4.69, 9.17) is 0 Å². The molecule has 0 radical (unpaired) electrons. The minimum absolute atomic E-state index is 0.143. The third-order valence-corrected chi connectivity index (χ3v) is 5.79. The van der Waals surface area contributed by atoms with Gasteiger partial charge in [-0.25, -0.2) is 0 Å². The molecule has 0 saturated carbocycles. The van der Waals surface area contributed by atoms with Crippen molar-refractivity contribution in [3.05, 3.63) is 34.9 Å². The first-order valence-corrected chi connectivity index (χ1v) is 8.54. The predicted molar refractivity (Wildman–Crippen MR) is 91.1 cm³/mol. The van der Waals surface area contributed by atoms with Crippen LogP contribution in [0, 0.1) is 17.3 Å². The molecule has 0 aromatic heterocycles. The number of allylic oxidation sites excluding steroid dienone is 5. The maximum atomic E-state index is 10.7. The number of aliphatic hydroxyl groups is 1. The van der Waals surface area contributed by atoms with Crippen molar-refractivity contribution >= 4 is 0 Å². The van der Waals surface area contributed by atoms with Crippen molar-refractivity contribution in [3.8, 4) is 0 Å². The lowest BCUT2D eigenvalue weighted by molar-refractivity contribution is 0.101. The van der Waals surface area contributed by atoms with Gasteiger partial charge in [0, 0.05) is 0 Å². The monoisotopic (exact) mass is 288 g/mol. The highest BCUT2D eigenvalue weighted by atomic mass is 16.3. The summed E-state index contributed by atoms with van der Waals surface area (Å²) in [5, 5.41) is 10.7. The Balaban J connectivity index is 2.36. The van der Waals surface area contributed by atoms with Crippen molar-refractivity contribution in [1.82, 2.24) is 0 Å². The van der Waals surface area contributed by atoms with E-state index in [9.17, 15) is 5.11 Å². The fourth-order valence-electron chi connectivity index (χ4n) is 4.22. The molecule has 0 amide bonds. The molecule has 21 heavy (non-hydrogen) atoms. The van der Waals surface area contributed by atoms with Gasteiger partial charge in [0.2, 0.25) is 0 Å². The molecular weight excluding hydrogens is 256 g/mol. The second-order valence-electron chi connectivity index (χ2n) is 7.69. The van der Waals surface area contributed by atoms with Gasteiger partial charge in [-0.15, -0.1) is 0 Å². The van der Waals surface area contributed by atoms with E-state index in [-0.39, 0.29) is 11.5 Å². The second kappa shape index (κ2) is 6.52. The number of hydrogen-bond donors (Lipinski definition) is 1. The Bertz CT molecular complexity index is 466. The fourth-order valence-corrected chi connectivity index (χ4v) is 4.22. The van der Waals surface area contributed by atoms with E-state index >= 15 is 0 Å². The SMILES string of the molecule is C/C1=C\CC2=CC[C@H](C(C)C)[C@@]2(C)C[C@H](O)/C(C)=C/CC1. The molecular formula is C20H32O. The van der Waals surface area contributed by atoms with Gasteiger partial charge in [-0.1, -0.05) is 50.1 Å². The van der Waals surface area contributed by atoms with E-state index < -0.39 is 0 Å². The van der Waals surface area contributed by atoms with Gasteiger partial charge in [-0.3, -0.25) is 0 Å². The summed E-state index contributed by atoms with van der Waals surface area (Å²) >= 11 is 0. The van der Waals surface area contributed by atoms with Crippen LogP contribution in [-0.4, -0.2) is 11.2 Å². The highest BCUT2D eigenvalue weighted by Crippen LogP contribution is 2.52. The maximum Gasteiger partial charge on any atom is 0.0755 e. The predicted octanol–water partition coefficient (Wildman–Crippen LogP) is 5.42. The van der Waals surface area contributed by atoms with Gasteiger partial charge in [0.05, 0.1) is 6.10 Å². The van der Waals surface area contributed by atoms with Gasteiger partial charge in [-0.05, 0) is 68.8 Å². The Morgan fingerprint density at radius 1 is 1.19 bits per heavy atom. The molecule has 0 heterocycles. The molecule has 1 N–H and O–H groups in total. The lowest BCUT2D eigenvalue weighted by atomic mass is 9.66. The summed E-state index contributed by atoms with van der Waals surface area (Å²) < 4.78 is 0. The summed E-state index contributed by atoms with van der Waals surface area (Å²) in [5.74, 6) is 1.32. The minimum atomic E-state index is -0.295. The molecule has 0 aromatic carbocycles. The third kappa shape index (κ3) is 3.51. The van der Waals surface area contributed by atoms with Crippen LogP contribution in [0.25, 0.3) is 0 Å². The lowest BCUT2D eigenvalue weighted by Crippen LogP contribution is -2.33. The largest absolute Gasteiger partial charge is 0.389 e. The molecule has 0 saturated heterocycles. The standard InChI is InChI=1S/C20H32O/c1-14(2)18-12-11-17-10-9-15(3)7-6-8-16(4)19(21)13-20(17,18)5/h8-9,11,14,18-19,21H,6-7,10,12-13H2,1-5H3/b15-9+,16-8+/t18-,19+,20+/m1/s1. The van der Waals surface area contributed by atoms with Crippen molar-refractivity contribution in [1.29, 1.82) is 0 Å². The zero-order valence-electron chi connectivity index (χ0n) is 14.4. The summed E-state index contributed by atoms with van der Waals surface area (Å²) in [6, 6.07) is 0. The Labute approximate surface area is 130 Å². The van der Waals surface area contributed by atoms with Gasteiger partial charge < -0.3 is 5.11 Å². The first-order chi connectivity index (χ1) is 9.84. The van der Waals surface area contributed by atoms with Crippen LogP contribution in [-0.2, 0) is 0 Å². The normalized spacial score (nSPS) is 39.7. The van der Waals surface area contributed by atoms with Gasteiger partial charge >= 0.3 is 0 Å². The minimum Gasteiger partial charge on any atom is -0.389 e. The average Bonchev–Trinajstić information content (AvgIpc) is 2.71. The first-order valence-electron chi connectivity index (χ1n) is 8.54. The molecule has 0 fully saturated rings. The Morgan fingerprint density at radius 2 is 1.90 bits per heavy atom. The van der Waals surface area contributed by atoms with Crippen LogP contribution >= 0.6 is 0 Å². The Kier molecular flexibility index (Phi) is 5.14. The van der Waals surface area contributed by atoms with Gasteiger partial charge in [0.25, 0.3) is 0 Å². The zero-order chi connectivity index (χ0) is 15.6. The molecule has 0 aliphatic heterocycles. The van der Waals surface area contributed by atoms with E-state index in [0.29, 0.717) is 11.8 Å². The quantitative estimate of drug-likeness (QED) is 0.638.